The number of nitrogens with zero attached hydrogens (tertiary/aromatic N) is 2. The Bertz CT molecular complexity index is 896. The lowest BCUT2D eigenvalue weighted by Gasteiger charge is -2.13. The Morgan fingerprint density at radius 3 is 2.44 bits per heavy atom. The van der Waals surface area contributed by atoms with Gasteiger partial charge < -0.3 is 14.6 Å². The van der Waals surface area contributed by atoms with Gasteiger partial charge in [0.25, 0.3) is 5.56 Å². The maximum absolute atomic E-state index is 13.1. The van der Waals surface area contributed by atoms with Gasteiger partial charge >= 0.3 is 11.7 Å². The number of halogens is 1. The van der Waals surface area contributed by atoms with Crippen molar-refractivity contribution in [3.8, 4) is 5.69 Å². The second kappa shape index (κ2) is 6.99. The van der Waals surface area contributed by atoms with Crippen LogP contribution in [-0.4, -0.2) is 39.7 Å². The predicted molar refractivity (Wildman–Crippen MR) is 83.5 cm³/mol. The number of hydrogen-bond acceptors (Lipinski definition) is 5. The van der Waals surface area contributed by atoms with Crippen molar-refractivity contribution in [3.63, 3.8) is 0 Å². The van der Waals surface area contributed by atoms with Gasteiger partial charge in [0.1, 0.15) is 11.4 Å². The van der Waals surface area contributed by atoms with Crippen molar-refractivity contribution in [2.24, 2.45) is 0 Å². The van der Waals surface area contributed by atoms with E-state index in [1.54, 1.807) is 0 Å². The summed E-state index contributed by atoms with van der Waals surface area (Å²) in [5.41, 5.74) is -2.17. The third-order valence-electron chi connectivity index (χ3n) is 3.77. The number of aromatic carboxylic acids is 1. The van der Waals surface area contributed by atoms with Crippen LogP contribution in [0.25, 0.3) is 5.69 Å². The highest BCUT2D eigenvalue weighted by Gasteiger charge is 2.20. The van der Waals surface area contributed by atoms with E-state index in [4.69, 9.17) is 9.47 Å². The van der Waals surface area contributed by atoms with Crippen LogP contribution < -0.4 is 11.2 Å². The molecule has 1 aliphatic rings. The highest BCUT2D eigenvalue weighted by Crippen LogP contribution is 2.09. The molecule has 0 bridgehead atoms. The number of ether oxygens (including phenoxy) is 2. The van der Waals surface area contributed by atoms with Crippen molar-refractivity contribution in [2.45, 2.75) is 19.3 Å². The second-order valence-corrected chi connectivity index (χ2v) is 5.40. The number of carbonyl (C=O) groups is 1. The molecule has 0 radical (unpaired) electrons. The van der Waals surface area contributed by atoms with E-state index in [1.807, 2.05) is 0 Å². The SMILES string of the molecule is O=C(O)c1cn(CCC2OCCO2)c(=O)n(-c2ccc(F)cc2)c1=O. The van der Waals surface area contributed by atoms with Crippen LogP contribution in [0.5, 0.6) is 0 Å². The summed E-state index contributed by atoms with van der Waals surface area (Å²) in [7, 11) is 0. The predicted octanol–water partition coefficient (Wildman–Crippen LogP) is 0.599. The van der Waals surface area contributed by atoms with Crippen LogP contribution in [0.4, 0.5) is 4.39 Å². The number of aromatic nitrogens is 2. The molecule has 132 valence electrons. The van der Waals surface area contributed by atoms with Gasteiger partial charge in [-0.2, -0.15) is 0 Å². The maximum Gasteiger partial charge on any atom is 0.342 e. The molecular formula is C16H15FN2O6. The standard InChI is InChI=1S/C16H15FN2O6/c17-10-1-3-11(4-2-10)19-14(20)12(15(21)22)9-18(16(19)23)6-5-13-24-7-8-25-13/h1-4,9,13H,5-8H2,(H,21,22). The van der Waals surface area contributed by atoms with Crippen LogP contribution >= 0.6 is 0 Å². The first-order chi connectivity index (χ1) is 12.0. The van der Waals surface area contributed by atoms with Gasteiger partial charge in [0.05, 0.1) is 18.9 Å². The van der Waals surface area contributed by atoms with Crippen molar-refractivity contribution in [3.05, 3.63) is 62.7 Å². The number of hydrogen-bond donors (Lipinski definition) is 1. The summed E-state index contributed by atoms with van der Waals surface area (Å²) in [5, 5.41) is 9.24. The zero-order valence-electron chi connectivity index (χ0n) is 13.1. The Labute approximate surface area is 140 Å². The van der Waals surface area contributed by atoms with Crippen LogP contribution in [0.1, 0.15) is 16.8 Å². The van der Waals surface area contributed by atoms with Crippen molar-refractivity contribution < 1.29 is 23.8 Å². The Morgan fingerprint density at radius 1 is 1.20 bits per heavy atom. The molecule has 1 aromatic carbocycles. The van der Waals surface area contributed by atoms with E-state index in [9.17, 15) is 23.9 Å². The fourth-order valence-corrected chi connectivity index (χ4v) is 2.55. The monoisotopic (exact) mass is 350 g/mol. The van der Waals surface area contributed by atoms with Crippen molar-refractivity contribution >= 4 is 5.97 Å². The third kappa shape index (κ3) is 3.52. The number of aryl methyl sites for hydroxylation is 1. The molecule has 2 heterocycles. The lowest BCUT2D eigenvalue weighted by molar-refractivity contribution is -0.0492. The maximum atomic E-state index is 13.1. The fourth-order valence-electron chi connectivity index (χ4n) is 2.55. The minimum atomic E-state index is -1.46. The molecule has 1 saturated heterocycles. The summed E-state index contributed by atoms with van der Waals surface area (Å²) in [6.45, 7) is 1.01. The van der Waals surface area contributed by atoms with Gasteiger partial charge in [-0.25, -0.2) is 18.5 Å². The van der Waals surface area contributed by atoms with Gasteiger partial charge in [0, 0.05) is 19.2 Å². The third-order valence-corrected chi connectivity index (χ3v) is 3.77. The average molecular weight is 350 g/mol. The van der Waals surface area contributed by atoms with Gasteiger partial charge in [-0.3, -0.25) is 9.36 Å². The minimum absolute atomic E-state index is 0.0848. The Balaban J connectivity index is 2.06. The van der Waals surface area contributed by atoms with Crippen LogP contribution in [0.3, 0.4) is 0 Å². The molecule has 1 aromatic heterocycles. The molecule has 8 nitrogen and oxygen atoms in total. The summed E-state index contributed by atoms with van der Waals surface area (Å²) in [5.74, 6) is -2.00. The molecule has 0 amide bonds. The minimum Gasteiger partial charge on any atom is -0.477 e. The number of rotatable bonds is 5. The molecule has 0 saturated carbocycles. The number of benzene rings is 1. The molecule has 25 heavy (non-hydrogen) atoms. The highest BCUT2D eigenvalue weighted by molar-refractivity contribution is 5.86. The first kappa shape index (κ1) is 17.1. The molecule has 0 spiro atoms. The number of carboxylic acids is 1. The van der Waals surface area contributed by atoms with E-state index in [1.165, 1.54) is 12.1 Å². The van der Waals surface area contributed by atoms with Gasteiger partial charge in [-0.05, 0) is 24.3 Å². The summed E-state index contributed by atoms with van der Waals surface area (Å²) in [4.78, 5) is 36.3. The lowest BCUT2D eigenvalue weighted by Crippen LogP contribution is -2.41. The van der Waals surface area contributed by atoms with Gasteiger partial charge in [0.2, 0.25) is 0 Å². The molecule has 0 aliphatic carbocycles. The van der Waals surface area contributed by atoms with Crippen molar-refractivity contribution in [2.75, 3.05) is 13.2 Å². The zero-order valence-corrected chi connectivity index (χ0v) is 13.1. The molecule has 1 aliphatic heterocycles. The van der Waals surface area contributed by atoms with Crippen molar-refractivity contribution in [1.29, 1.82) is 0 Å². The summed E-state index contributed by atoms with van der Waals surface area (Å²) < 4.78 is 25.5. The van der Waals surface area contributed by atoms with Gasteiger partial charge in [0.15, 0.2) is 6.29 Å². The summed E-state index contributed by atoms with van der Waals surface area (Å²) in [6, 6.07) is 4.63. The van der Waals surface area contributed by atoms with Gasteiger partial charge in [-0.1, -0.05) is 0 Å². The smallest absolute Gasteiger partial charge is 0.342 e. The normalized spacial score (nSPS) is 14.8. The van der Waals surface area contributed by atoms with Crippen LogP contribution in [0.15, 0.2) is 40.1 Å². The Hall–Kier alpha value is -2.78. The number of carboxylic acid groups (broad SMARTS) is 1. The summed E-state index contributed by atoms with van der Waals surface area (Å²) in [6.07, 6.45) is 0.842. The van der Waals surface area contributed by atoms with Gasteiger partial charge in [-0.15, -0.1) is 0 Å². The van der Waals surface area contributed by atoms with E-state index in [-0.39, 0.29) is 12.2 Å². The van der Waals surface area contributed by atoms with E-state index < -0.39 is 34.9 Å². The van der Waals surface area contributed by atoms with E-state index >= 15 is 0 Å². The Morgan fingerprint density at radius 2 is 1.84 bits per heavy atom. The first-order valence-electron chi connectivity index (χ1n) is 7.56. The lowest BCUT2D eigenvalue weighted by atomic mass is 10.2. The quantitative estimate of drug-likeness (QED) is 0.848. The van der Waals surface area contributed by atoms with Crippen LogP contribution in [-0.2, 0) is 16.0 Å². The molecule has 2 aromatic rings. The molecule has 0 atom stereocenters. The average Bonchev–Trinajstić information content (AvgIpc) is 3.09. The molecule has 1 N–H and O–H groups in total. The van der Waals surface area contributed by atoms with E-state index in [0.29, 0.717) is 24.2 Å². The first-order valence-corrected chi connectivity index (χ1v) is 7.56. The summed E-state index contributed by atoms with van der Waals surface area (Å²) >= 11 is 0. The fraction of sp³-hybridized carbons (Fsp3) is 0.312. The topological polar surface area (TPSA) is 99.8 Å². The Kier molecular flexibility index (Phi) is 4.77. The zero-order chi connectivity index (χ0) is 18.0. The van der Waals surface area contributed by atoms with Crippen LogP contribution in [0.2, 0.25) is 0 Å². The largest absolute Gasteiger partial charge is 0.477 e. The van der Waals surface area contributed by atoms with Crippen molar-refractivity contribution in [1.82, 2.24) is 9.13 Å². The van der Waals surface area contributed by atoms with E-state index in [2.05, 4.69) is 0 Å². The molecule has 0 unspecified atom stereocenters. The van der Waals surface area contributed by atoms with Crippen LogP contribution in [0, 0.1) is 5.82 Å². The second-order valence-electron chi connectivity index (χ2n) is 5.40. The van der Waals surface area contributed by atoms with E-state index in [0.717, 1.165) is 22.9 Å². The molecule has 9 heteroatoms. The highest BCUT2D eigenvalue weighted by atomic mass is 19.1. The molecule has 1 fully saturated rings. The molecular weight excluding hydrogens is 335 g/mol. The molecule has 3 rings (SSSR count).